The van der Waals surface area contributed by atoms with Gasteiger partial charge in [0.2, 0.25) is 0 Å². The summed E-state index contributed by atoms with van der Waals surface area (Å²) in [7, 11) is 0. The summed E-state index contributed by atoms with van der Waals surface area (Å²) < 4.78 is 11.6. The molecule has 0 aliphatic carbocycles. The zero-order valence-corrected chi connectivity index (χ0v) is 15.0. The molecule has 6 heteroatoms. The lowest BCUT2D eigenvalue weighted by Gasteiger charge is -2.29. The molecule has 1 amide bonds. The predicted octanol–water partition coefficient (Wildman–Crippen LogP) is 4.04. The maximum atomic E-state index is 12.2. The zero-order chi connectivity index (χ0) is 17.1. The van der Waals surface area contributed by atoms with Gasteiger partial charge in [-0.25, -0.2) is 4.79 Å². The largest absolute Gasteiger partial charge is 0.444 e. The van der Waals surface area contributed by atoms with Gasteiger partial charge in [-0.2, -0.15) is 0 Å². The van der Waals surface area contributed by atoms with E-state index >= 15 is 0 Å². The summed E-state index contributed by atoms with van der Waals surface area (Å²) in [6, 6.07) is 1.85. The predicted molar refractivity (Wildman–Crippen MR) is 89.5 cm³/mol. The van der Waals surface area contributed by atoms with Gasteiger partial charge < -0.3 is 14.4 Å². The number of rotatable bonds is 4. The second-order valence-electron chi connectivity index (χ2n) is 6.94. The minimum Gasteiger partial charge on any atom is -0.444 e. The number of carbonyl (C=O) groups is 1. The van der Waals surface area contributed by atoms with Crippen molar-refractivity contribution < 1.29 is 14.3 Å². The van der Waals surface area contributed by atoms with Crippen LogP contribution in [0, 0.1) is 0 Å². The molecule has 1 atom stereocenters. The summed E-state index contributed by atoms with van der Waals surface area (Å²) in [5.74, 6) is 0. The highest BCUT2D eigenvalue weighted by Gasteiger charge is 2.41. The number of hydrogen-bond donors (Lipinski definition) is 0. The number of ether oxygens (including phenoxy) is 2. The third kappa shape index (κ3) is 4.82. The smallest absolute Gasteiger partial charge is 0.410 e. The van der Waals surface area contributed by atoms with Crippen LogP contribution in [0.15, 0.2) is 18.5 Å². The highest BCUT2D eigenvalue weighted by molar-refractivity contribution is 6.31. The van der Waals surface area contributed by atoms with Crippen molar-refractivity contribution in [3.8, 4) is 0 Å². The first-order chi connectivity index (χ1) is 10.7. The van der Waals surface area contributed by atoms with E-state index in [1.54, 1.807) is 17.3 Å². The molecular formula is C17H25ClN2O3. The molecule has 5 nitrogen and oxygen atoms in total. The number of amides is 1. The van der Waals surface area contributed by atoms with Crippen LogP contribution in [0.25, 0.3) is 0 Å². The Morgan fingerprint density at radius 3 is 2.83 bits per heavy atom. The van der Waals surface area contributed by atoms with Gasteiger partial charge in [0.15, 0.2) is 0 Å². The van der Waals surface area contributed by atoms with Crippen molar-refractivity contribution in [1.29, 1.82) is 0 Å². The van der Waals surface area contributed by atoms with E-state index in [0.717, 1.165) is 18.4 Å². The Morgan fingerprint density at radius 1 is 1.48 bits per heavy atom. The molecule has 0 aromatic carbocycles. The molecule has 0 spiro atoms. The van der Waals surface area contributed by atoms with Crippen LogP contribution >= 0.6 is 11.6 Å². The Bertz CT molecular complexity index is 559. The van der Waals surface area contributed by atoms with E-state index in [1.807, 2.05) is 26.8 Å². The molecule has 0 saturated carbocycles. The fourth-order valence-corrected chi connectivity index (χ4v) is 2.76. The molecule has 1 aliphatic rings. The van der Waals surface area contributed by atoms with Crippen LogP contribution in [0.2, 0.25) is 5.02 Å². The average Bonchev–Trinajstić information content (AvgIpc) is 2.90. The number of carbonyl (C=O) groups excluding carboxylic acids is 1. The van der Waals surface area contributed by atoms with E-state index in [4.69, 9.17) is 21.1 Å². The van der Waals surface area contributed by atoms with E-state index < -0.39 is 5.60 Å². The van der Waals surface area contributed by atoms with Gasteiger partial charge in [0.05, 0.1) is 23.8 Å². The SMILES string of the molecule is CCC1(OCc2ccncc2Cl)CCN(C(=O)OC(C)(C)C)C1. The number of halogens is 1. The standard InChI is InChI=1S/C17H25ClN2O3/c1-5-17(22-11-13-6-8-19-10-14(13)18)7-9-20(12-17)15(21)23-16(2,3)4/h6,8,10H,5,7,9,11-12H2,1-4H3. The monoisotopic (exact) mass is 340 g/mol. The Labute approximate surface area is 142 Å². The van der Waals surface area contributed by atoms with E-state index in [1.165, 1.54) is 0 Å². The molecule has 1 fully saturated rings. The molecule has 0 bridgehead atoms. The average molecular weight is 341 g/mol. The summed E-state index contributed by atoms with van der Waals surface area (Å²) >= 11 is 6.12. The number of nitrogens with zero attached hydrogens (tertiary/aromatic N) is 2. The van der Waals surface area contributed by atoms with Crippen LogP contribution in [0.4, 0.5) is 4.79 Å². The summed E-state index contributed by atoms with van der Waals surface area (Å²) in [6.45, 7) is 9.29. The summed E-state index contributed by atoms with van der Waals surface area (Å²) in [4.78, 5) is 17.9. The molecule has 128 valence electrons. The van der Waals surface area contributed by atoms with Crippen molar-refractivity contribution in [3.05, 3.63) is 29.0 Å². The van der Waals surface area contributed by atoms with Crippen molar-refractivity contribution in [3.63, 3.8) is 0 Å². The minimum absolute atomic E-state index is 0.279. The molecule has 1 saturated heterocycles. The molecule has 0 radical (unpaired) electrons. The van der Waals surface area contributed by atoms with Crippen LogP contribution in [0.1, 0.15) is 46.1 Å². The normalized spacial score (nSPS) is 21.5. The fraction of sp³-hybridized carbons (Fsp3) is 0.647. The highest BCUT2D eigenvalue weighted by Crippen LogP contribution is 2.31. The molecule has 2 rings (SSSR count). The van der Waals surface area contributed by atoms with Gasteiger partial charge in [-0.1, -0.05) is 18.5 Å². The molecule has 2 heterocycles. The Kier molecular flexibility index (Phi) is 5.53. The third-order valence-electron chi connectivity index (χ3n) is 4.00. The maximum absolute atomic E-state index is 12.2. The first-order valence-corrected chi connectivity index (χ1v) is 8.33. The van der Waals surface area contributed by atoms with E-state index in [2.05, 4.69) is 11.9 Å². The Balaban J connectivity index is 1.97. The second-order valence-corrected chi connectivity index (χ2v) is 7.35. The van der Waals surface area contributed by atoms with Crippen molar-refractivity contribution in [1.82, 2.24) is 9.88 Å². The first-order valence-electron chi connectivity index (χ1n) is 7.95. The summed E-state index contributed by atoms with van der Waals surface area (Å²) in [5, 5.41) is 0.598. The van der Waals surface area contributed by atoms with Gasteiger partial charge in [0.1, 0.15) is 5.60 Å². The molecule has 0 N–H and O–H groups in total. The van der Waals surface area contributed by atoms with Crippen molar-refractivity contribution in [2.75, 3.05) is 13.1 Å². The van der Waals surface area contributed by atoms with E-state index in [9.17, 15) is 4.79 Å². The minimum atomic E-state index is -0.486. The van der Waals surface area contributed by atoms with Crippen LogP contribution in [0.5, 0.6) is 0 Å². The lowest BCUT2D eigenvalue weighted by Crippen LogP contribution is -2.40. The van der Waals surface area contributed by atoms with Crippen LogP contribution in [-0.4, -0.2) is 40.3 Å². The first kappa shape index (κ1) is 18.0. The molecule has 1 aliphatic heterocycles. The quantitative estimate of drug-likeness (QED) is 0.830. The van der Waals surface area contributed by atoms with Gasteiger partial charge in [-0.15, -0.1) is 0 Å². The highest BCUT2D eigenvalue weighted by atomic mass is 35.5. The zero-order valence-electron chi connectivity index (χ0n) is 14.3. The molecule has 1 unspecified atom stereocenters. The van der Waals surface area contributed by atoms with Crippen LogP contribution in [-0.2, 0) is 16.1 Å². The Hall–Kier alpha value is -1.33. The number of aromatic nitrogens is 1. The number of pyridine rings is 1. The van der Waals surface area contributed by atoms with Gasteiger partial charge in [0.25, 0.3) is 0 Å². The maximum Gasteiger partial charge on any atom is 0.410 e. The Morgan fingerprint density at radius 2 is 2.22 bits per heavy atom. The van der Waals surface area contributed by atoms with Gasteiger partial charge in [-0.05, 0) is 45.2 Å². The van der Waals surface area contributed by atoms with Gasteiger partial charge >= 0.3 is 6.09 Å². The van der Waals surface area contributed by atoms with Crippen LogP contribution in [0.3, 0.4) is 0 Å². The van der Waals surface area contributed by atoms with Gasteiger partial charge in [0, 0.05) is 18.9 Å². The van der Waals surface area contributed by atoms with Gasteiger partial charge in [-0.3, -0.25) is 4.98 Å². The lowest BCUT2D eigenvalue weighted by atomic mass is 9.99. The van der Waals surface area contributed by atoms with E-state index in [0.29, 0.717) is 24.7 Å². The topological polar surface area (TPSA) is 51.7 Å². The van der Waals surface area contributed by atoms with Crippen LogP contribution < -0.4 is 0 Å². The molecule has 23 heavy (non-hydrogen) atoms. The number of likely N-dealkylation sites (tertiary alicyclic amines) is 1. The molecule has 1 aromatic heterocycles. The fourth-order valence-electron chi connectivity index (χ4n) is 2.59. The lowest BCUT2D eigenvalue weighted by molar-refractivity contribution is -0.0527. The van der Waals surface area contributed by atoms with Crippen molar-refractivity contribution in [2.24, 2.45) is 0 Å². The van der Waals surface area contributed by atoms with E-state index in [-0.39, 0.29) is 11.7 Å². The third-order valence-corrected chi connectivity index (χ3v) is 4.34. The summed E-state index contributed by atoms with van der Waals surface area (Å²) in [6.07, 6.45) is 4.66. The van der Waals surface area contributed by atoms with Crippen molar-refractivity contribution in [2.45, 2.75) is 58.3 Å². The number of hydrogen-bond acceptors (Lipinski definition) is 4. The molecule has 1 aromatic rings. The van der Waals surface area contributed by atoms with Crippen molar-refractivity contribution >= 4 is 17.7 Å². The molecular weight excluding hydrogens is 316 g/mol. The summed E-state index contributed by atoms with van der Waals surface area (Å²) in [5.41, 5.74) is 0.0777. The second kappa shape index (κ2) is 7.05.